The molecule has 0 amide bonds. The molecule has 0 radical (unpaired) electrons. The standard InChI is InChI=1S/C27H33O2P/c1-5-17-27(4,30-26-14-10-9-13-23(26)21(3)28)24-18-20(2)15-16-25(24)29-19-22-11-7-6-8-12-22/h6-16,18,21,28,30H,5,17,19H2,1-4H3. The summed E-state index contributed by atoms with van der Waals surface area (Å²) in [6.45, 7) is 9.14. The molecule has 0 fully saturated rings. The zero-order valence-electron chi connectivity index (χ0n) is 18.5. The maximum absolute atomic E-state index is 10.3. The lowest BCUT2D eigenvalue weighted by atomic mass is 9.93. The topological polar surface area (TPSA) is 29.5 Å². The molecule has 1 N–H and O–H groups in total. The number of rotatable bonds is 9. The lowest BCUT2D eigenvalue weighted by Gasteiger charge is -2.33. The Balaban J connectivity index is 1.97. The van der Waals surface area contributed by atoms with Crippen LogP contribution in [0.3, 0.4) is 0 Å². The maximum atomic E-state index is 10.3. The molecular formula is C27H33O2P. The van der Waals surface area contributed by atoms with Gasteiger partial charge in [-0.05, 0) is 42.8 Å². The first kappa shape index (κ1) is 22.5. The lowest BCUT2D eigenvalue weighted by molar-refractivity contribution is 0.200. The molecular weight excluding hydrogens is 387 g/mol. The van der Waals surface area contributed by atoms with Crippen LogP contribution in [0.5, 0.6) is 5.75 Å². The van der Waals surface area contributed by atoms with Crippen molar-refractivity contribution in [2.45, 2.75) is 58.4 Å². The molecule has 30 heavy (non-hydrogen) atoms. The van der Waals surface area contributed by atoms with Gasteiger partial charge >= 0.3 is 0 Å². The number of ether oxygens (including phenoxy) is 1. The van der Waals surface area contributed by atoms with Gasteiger partial charge < -0.3 is 9.84 Å². The second kappa shape index (κ2) is 10.2. The van der Waals surface area contributed by atoms with Crippen LogP contribution in [0.25, 0.3) is 0 Å². The van der Waals surface area contributed by atoms with Crippen molar-refractivity contribution < 1.29 is 9.84 Å². The third-order valence-corrected chi connectivity index (χ3v) is 7.33. The summed E-state index contributed by atoms with van der Waals surface area (Å²) < 4.78 is 6.34. The summed E-state index contributed by atoms with van der Waals surface area (Å²) in [6.07, 6.45) is 1.68. The minimum atomic E-state index is -0.467. The second-order valence-corrected chi connectivity index (χ2v) is 10.1. The van der Waals surface area contributed by atoms with Gasteiger partial charge in [0.2, 0.25) is 0 Å². The van der Waals surface area contributed by atoms with Gasteiger partial charge in [0.05, 0.1) is 6.10 Å². The van der Waals surface area contributed by atoms with E-state index < -0.39 is 6.10 Å². The third-order valence-electron chi connectivity index (χ3n) is 5.54. The van der Waals surface area contributed by atoms with Gasteiger partial charge in [0.1, 0.15) is 12.4 Å². The summed E-state index contributed by atoms with van der Waals surface area (Å²) in [4.78, 5) is 0. The number of aliphatic hydroxyl groups excluding tert-OH is 1. The van der Waals surface area contributed by atoms with Gasteiger partial charge in [-0.2, -0.15) is 0 Å². The summed E-state index contributed by atoms with van der Waals surface area (Å²) in [5.41, 5.74) is 4.70. The molecule has 2 nitrogen and oxygen atoms in total. The van der Waals surface area contributed by atoms with Crippen molar-refractivity contribution in [1.82, 2.24) is 0 Å². The predicted octanol–water partition coefficient (Wildman–Crippen LogP) is 6.65. The second-order valence-electron chi connectivity index (χ2n) is 8.24. The molecule has 0 heterocycles. The Morgan fingerprint density at radius 2 is 1.70 bits per heavy atom. The van der Waals surface area contributed by atoms with Gasteiger partial charge in [0.15, 0.2) is 0 Å². The Kier molecular flexibility index (Phi) is 7.69. The monoisotopic (exact) mass is 420 g/mol. The predicted molar refractivity (Wildman–Crippen MR) is 129 cm³/mol. The molecule has 3 unspecified atom stereocenters. The fourth-order valence-electron chi connectivity index (χ4n) is 3.97. The van der Waals surface area contributed by atoms with E-state index in [9.17, 15) is 5.11 Å². The van der Waals surface area contributed by atoms with Crippen LogP contribution in [0.15, 0.2) is 72.8 Å². The third kappa shape index (κ3) is 5.50. The van der Waals surface area contributed by atoms with E-state index in [-0.39, 0.29) is 5.16 Å². The molecule has 0 aliphatic heterocycles. The first-order chi connectivity index (χ1) is 14.4. The minimum absolute atomic E-state index is 0.0578. The van der Waals surface area contributed by atoms with E-state index >= 15 is 0 Å². The van der Waals surface area contributed by atoms with E-state index in [1.807, 2.05) is 37.3 Å². The zero-order chi connectivity index (χ0) is 21.6. The highest BCUT2D eigenvalue weighted by Gasteiger charge is 2.31. The van der Waals surface area contributed by atoms with Crippen LogP contribution in [0.2, 0.25) is 0 Å². The van der Waals surface area contributed by atoms with E-state index in [2.05, 4.69) is 63.2 Å². The SMILES string of the molecule is CCCC(C)(Pc1ccccc1C(C)O)c1cc(C)ccc1OCc1ccccc1. The molecule has 3 heteroatoms. The Bertz CT molecular complexity index is 952. The van der Waals surface area contributed by atoms with Gasteiger partial charge in [-0.25, -0.2) is 0 Å². The molecule has 3 aromatic rings. The van der Waals surface area contributed by atoms with Crippen molar-refractivity contribution in [3.63, 3.8) is 0 Å². The molecule has 0 bridgehead atoms. The number of aliphatic hydroxyl groups is 1. The van der Waals surface area contributed by atoms with Gasteiger partial charge in [0.25, 0.3) is 0 Å². The largest absolute Gasteiger partial charge is 0.489 e. The highest BCUT2D eigenvalue weighted by Crippen LogP contribution is 2.49. The molecule has 0 aliphatic carbocycles. The summed E-state index contributed by atoms with van der Waals surface area (Å²) in [6, 6.07) is 25.1. The molecule has 158 valence electrons. The molecule has 0 aromatic heterocycles. The summed E-state index contributed by atoms with van der Waals surface area (Å²) in [5.74, 6) is 0.961. The van der Waals surface area contributed by atoms with E-state index in [1.165, 1.54) is 22.0 Å². The van der Waals surface area contributed by atoms with Crippen LogP contribution < -0.4 is 10.0 Å². The summed E-state index contributed by atoms with van der Waals surface area (Å²) >= 11 is 0. The van der Waals surface area contributed by atoms with Crippen LogP contribution >= 0.6 is 8.58 Å². The zero-order valence-corrected chi connectivity index (χ0v) is 19.5. The van der Waals surface area contributed by atoms with E-state index in [1.54, 1.807) is 0 Å². The quantitative estimate of drug-likeness (QED) is 0.393. The van der Waals surface area contributed by atoms with Crippen molar-refractivity contribution in [3.05, 3.63) is 95.1 Å². The molecule has 0 saturated heterocycles. The van der Waals surface area contributed by atoms with Crippen molar-refractivity contribution in [3.8, 4) is 5.75 Å². The molecule has 0 saturated carbocycles. The number of hydrogen-bond donors (Lipinski definition) is 1. The van der Waals surface area contributed by atoms with Crippen molar-refractivity contribution in [2.75, 3.05) is 0 Å². The van der Waals surface area contributed by atoms with Crippen LogP contribution in [0, 0.1) is 6.92 Å². The smallest absolute Gasteiger partial charge is 0.123 e. The maximum Gasteiger partial charge on any atom is 0.123 e. The van der Waals surface area contributed by atoms with E-state index in [0.29, 0.717) is 15.2 Å². The minimum Gasteiger partial charge on any atom is -0.489 e. The van der Waals surface area contributed by atoms with Crippen LogP contribution in [-0.4, -0.2) is 5.11 Å². The highest BCUT2D eigenvalue weighted by molar-refractivity contribution is 7.48. The Morgan fingerprint density at radius 1 is 1.00 bits per heavy atom. The van der Waals surface area contributed by atoms with Crippen molar-refractivity contribution in [2.24, 2.45) is 0 Å². The molecule has 3 atom stereocenters. The van der Waals surface area contributed by atoms with Gasteiger partial charge in [-0.15, -0.1) is 0 Å². The number of benzene rings is 3. The Hall–Kier alpha value is -2.15. The van der Waals surface area contributed by atoms with E-state index in [4.69, 9.17) is 4.74 Å². The van der Waals surface area contributed by atoms with Gasteiger partial charge in [-0.1, -0.05) is 101 Å². The normalized spacial score (nSPS) is 14.6. The van der Waals surface area contributed by atoms with Crippen LogP contribution in [-0.2, 0) is 11.8 Å². The summed E-state index contributed by atoms with van der Waals surface area (Å²) in [5, 5.41) is 11.5. The van der Waals surface area contributed by atoms with Crippen LogP contribution in [0.4, 0.5) is 0 Å². The fraction of sp³-hybridized carbons (Fsp3) is 0.333. The van der Waals surface area contributed by atoms with Gasteiger partial charge in [-0.3, -0.25) is 0 Å². The average Bonchev–Trinajstić information content (AvgIpc) is 2.74. The van der Waals surface area contributed by atoms with Gasteiger partial charge in [0, 0.05) is 10.7 Å². The van der Waals surface area contributed by atoms with Crippen molar-refractivity contribution >= 4 is 13.9 Å². The molecule has 3 rings (SSSR count). The average molecular weight is 421 g/mol. The number of aryl methyl sites for hydroxylation is 1. The number of hydrogen-bond acceptors (Lipinski definition) is 2. The highest BCUT2D eigenvalue weighted by atomic mass is 31.1. The molecule has 0 aliphatic rings. The first-order valence-corrected chi connectivity index (χ1v) is 11.8. The molecule has 3 aromatic carbocycles. The Morgan fingerprint density at radius 3 is 2.40 bits per heavy atom. The lowest BCUT2D eigenvalue weighted by Crippen LogP contribution is -2.22. The summed E-state index contributed by atoms with van der Waals surface area (Å²) in [7, 11) is 0.548. The fourth-order valence-corrected chi connectivity index (χ4v) is 5.89. The van der Waals surface area contributed by atoms with Crippen LogP contribution in [0.1, 0.15) is 62.0 Å². The molecule has 0 spiro atoms. The van der Waals surface area contributed by atoms with E-state index in [0.717, 1.165) is 24.2 Å². The Labute approximate surface area is 183 Å². The van der Waals surface area contributed by atoms with Crippen molar-refractivity contribution in [1.29, 1.82) is 0 Å². The first-order valence-electron chi connectivity index (χ1n) is 10.8.